The smallest absolute Gasteiger partial charge is 0.330 e. The second-order valence-corrected chi connectivity index (χ2v) is 8.61. The zero-order chi connectivity index (χ0) is 19.8. The number of cyclic esters (lactones) is 1. The summed E-state index contributed by atoms with van der Waals surface area (Å²) in [5.74, 6) is 0.423. The van der Waals surface area contributed by atoms with Crippen LogP contribution in [-0.4, -0.2) is 51.5 Å². The van der Waals surface area contributed by atoms with Crippen molar-refractivity contribution in [1.29, 1.82) is 0 Å². The first kappa shape index (κ1) is 22.0. The number of nitrogens with one attached hydrogen (secondary N) is 1. The van der Waals surface area contributed by atoms with Gasteiger partial charge in [-0.1, -0.05) is 36.4 Å². The molecule has 1 unspecified atom stereocenters. The molecule has 6 nitrogen and oxygen atoms in total. The van der Waals surface area contributed by atoms with Crippen molar-refractivity contribution in [3.05, 3.63) is 23.8 Å². The van der Waals surface area contributed by atoms with Gasteiger partial charge < -0.3 is 20.3 Å². The Morgan fingerprint density at radius 3 is 2.85 bits per heavy atom. The molecule has 27 heavy (non-hydrogen) atoms. The van der Waals surface area contributed by atoms with E-state index in [2.05, 4.69) is 24.4 Å². The fourth-order valence-corrected chi connectivity index (χ4v) is 4.19. The molecule has 0 aromatic heterocycles. The first-order chi connectivity index (χ1) is 12.8. The molecule has 0 radical (unpaired) electrons. The molecule has 2 rings (SSSR count). The number of ether oxygens (including phenoxy) is 1. The van der Waals surface area contributed by atoms with Crippen molar-refractivity contribution >= 4 is 23.0 Å². The molecule has 0 spiro atoms. The Bertz CT molecular complexity index is 577. The lowest BCUT2D eigenvalue weighted by Crippen LogP contribution is -2.41. The van der Waals surface area contributed by atoms with E-state index in [9.17, 15) is 19.8 Å². The van der Waals surface area contributed by atoms with E-state index in [4.69, 9.17) is 4.74 Å². The Morgan fingerprint density at radius 1 is 1.37 bits per heavy atom. The summed E-state index contributed by atoms with van der Waals surface area (Å²) >= 11 is 1.14. The van der Waals surface area contributed by atoms with Crippen molar-refractivity contribution in [1.82, 2.24) is 5.32 Å². The quantitative estimate of drug-likeness (QED) is 0.501. The summed E-state index contributed by atoms with van der Waals surface area (Å²) in [7, 11) is 0. The molecule has 5 atom stereocenters. The van der Waals surface area contributed by atoms with Gasteiger partial charge in [0.05, 0.1) is 18.2 Å². The van der Waals surface area contributed by atoms with Crippen LogP contribution in [0.2, 0.25) is 0 Å². The van der Waals surface area contributed by atoms with Crippen molar-refractivity contribution < 1.29 is 24.5 Å². The standard InChI is InChI=1S/C20H31NO5S/c1-13-5-3-4-6-14(2)9-19(24)26-16(10-15(22)8-7-13)11-18(23)17-12-27-20(25)21-17/h3,5,9,13,15-18,22-23H,4,6-8,10-12H2,1-2H3,(H,21,25)/b5-3-,14-9-/t13-,15-,16-,17+,18?/m1/s1. The van der Waals surface area contributed by atoms with Crippen LogP contribution in [0.3, 0.4) is 0 Å². The van der Waals surface area contributed by atoms with E-state index in [0.717, 1.165) is 36.6 Å². The summed E-state index contributed by atoms with van der Waals surface area (Å²) in [5, 5.41) is 23.4. The Morgan fingerprint density at radius 2 is 2.15 bits per heavy atom. The van der Waals surface area contributed by atoms with Gasteiger partial charge in [-0.15, -0.1) is 0 Å². The molecule has 0 saturated carbocycles. The number of allylic oxidation sites excluding steroid dienone is 3. The van der Waals surface area contributed by atoms with Gasteiger partial charge in [0, 0.05) is 24.7 Å². The van der Waals surface area contributed by atoms with Crippen LogP contribution in [0.5, 0.6) is 0 Å². The molecule has 1 saturated heterocycles. The lowest BCUT2D eigenvalue weighted by atomic mass is 9.96. The molecule has 2 aliphatic heterocycles. The molecular formula is C20H31NO5S. The number of hydrogen-bond donors (Lipinski definition) is 3. The molecule has 2 aliphatic rings. The fraction of sp³-hybridized carbons (Fsp3) is 0.700. The largest absolute Gasteiger partial charge is 0.459 e. The van der Waals surface area contributed by atoms with Crippen LogP contribution >= 0.6 is 11.8 Å². The summed E-state index contributed by atoms with van der Waals surface area (Å²) in [6.07, 6.45) is 7.34. The van der Waals surface area contributed by atoms with Crippen molar-refractivity contribution in [3.63, 3.8) is 0 Å². The maximum absolute atomic E-state index is 12.2. The maximum atomic E-state index is 12.2. The second-order valence-electron chi connectivity index (χ2n) is 7.61. The normalized spacial score (nSPS) is 35.3. The minimum Gasteiger partial charge on any atom is -0.459 e. The minimum atomic E-state index is -0.820. The maximum Gasteiger partial charge on any atom is 0.330 e. The van der Waals surface area contributed by atoms with Crippen LogP contribution in [0.15, 0.2) is 23.8 Å². The molecule has 1 amide bonds. The number of esters is 1. The topological polar surface area (TPSA) is 95.9 Å². The molecule has 0 bridgehead atoms. The van der Waals surface area contributed by atoms with Crippen LogP contribution < -0.4 is 5.32 Å². The second kappa shape index (κ2) is 10.9. The molecule has 0 aromatic rings. The molecule has 2 heterocycles. The third kappa shape index (κ3) is 8.07. The summed E-state index contributed by atoms with van der Waals surface area (Å²) in [6.45, 7) is 4.02. The molecule has 3 N–H and O–H groups in total. The van der Waals surface area contributed by atoms with Gasteiger partial charge in [-0.3, -0.25) is 4.79 Å². The third-order valence-corrected chi connectivity index (χ3v) is 5.88. The third-order valence-electron chi connectivity index (χ3n) is 4.97. The SMILES string of the molecule is C/C1=C/C(=O)O[C@@H](CC(O)[C@@H]2CSC(=O)N2)C[C@H](O)CC[C@H](C)/C=C\CC1. The number of carbonyl (C=O) groups excluding carboxylic acids is 2. The predicted octanol–water partition coefficient (Wildman–Crippen LogP) is 2.94. The molecule has 7 heteroatoms. The van der Waals surface area contributed by atoms with E-state index in [0.29, 0.717) is 18.1 Å². The average molecular weight is 398 g/mol. The van der Waals surface area contributed by atoms with Gasteiger partial charge in [0.2, 0.25) is 0 Å². The molecule has 152 valence electrons. The summed E-state index contributed by atoms with van der Waals surface area (Å²) in [6, 6.07) is -0.353. The van der Waals surface area contributed by atoms with Crippen LogP contribution in [-0.2, 0) is 9.53 Å². The zero-order valence-corrected chi connectivity index (χ0v) is 16.9. The highest BCUT2D eigenvalue weighted by Gasteiger charge is 2.31. The molecule has 0 aliphatic carbocycles. The van der Waals surface area contributed by atoms with Gasteiger partial charge >= 0.3 is 5.97 Å². The zero-order valence-electron chi connectivity index (χ0n) is 16.1. The van der Waals surface area contributed by atoms with E-state index >= 15 is 0 Å². The Hall–Kier alpha value is -1.31. The fourth-order valence-electron chi connectivity index (χ4n) is 3.32. The van der Waals surface area contributed by atoms with Gasteiger partial charge in [0.25, 0.3) is 5.24 Å². The lowest BCUT2D eigenvalue weighted by molar-refractivity contribution is -0.146. The first-order valence-electron chi connectivity index (χ1n) is 9.67. The van der Waals surface area contributed by atoms with Gasteiger partial charge in [-0.2, -0.15) is 0 Å². The van der Waals surface area contributed by atoms with E-state index < -0.39 is 24.3 Å². The Kier molecular flexibility index (Phi) is 8.86. The molecule has 1 fully saturated rings. The van der Waals surface area contributed by atoms with Gasteiger partial charge in [0.15, 0.2) is 0 Å². The highest BCUT2D eigenvalue weighted by Crippen LogP contribution is 2.22. The first-order valence-corrected chi connectivity index (χ1v) is 10.7. The van der Waals surface area contributed by atoms with Crippen molar-refractivity contribution in [2.45, 2.75) is 76.7 Å². The van der Waals surface area contributed by atoms with Crippen molar-refractivity contribution in [3.8, 4) is 0 Å². The average Bonchev–Trinajstić information content (AvgIpc) is 3.02. The van der Waals surface area contributed by atoms with Gasteiger partial charge in [-0.05, 0) is 38.5 Å². The van der Waals surface area contributed by atoms with Crippen LogP contribution in [0.25, 0.3) is 0 Å². The number of amides is 1. The lowest BCUT2D eigenvalue weighted by Gasteiger charge is -2.25. The van der Waals surface area contributed by atoms with Crippen LogP contribution in [0, 0.1) is 5.92 Å². The van der Waals surface area contributed by atoms with Crippen LogP contribution in [0.1, 0.15) is 52.4 Å². The van der Waals surface area contributed by atoms with Gasteiger partial charge in [0.1, 0.15) is 6.10 Å². The number of aliphatic hydroxyl groups is 2. The number of aliphatic hydroxyl groups excluding tert-OH is 2. The van der Waals surface area contributed by atoms with Crippen LogP contribution in [0.4, 0.5) is 4.79 Å². The summed E-state index contributed by atoms with van der Waals surface area (Å²) < 4.78 is 5.55. The minimum absolute atomic E-state index is 0.150. The Labute approximate surface area is 165 Å². The Balaban J connectivity index is 2.04. The molecular weight excluding hydrogens is 366 g/mol. The number of rotatable bonds is 3. The summed E-state index contributed by atoms with van der Waals surface area (Å²) in [4.78, 5) is 23.6. The highest BCUT2D eigenvalue weighted by molar-refractivity contribution is 8.13. The highest BCUT2D eigenvalue weighted by atomic mass is 32.2. The van der Waals surface area contributed by atoms with E-state index in [1.807, 2.05) is 6.92 Å². The number of thioether (sulfide) groups is 1. The van der Waals surface area contributed by atoms with E-state index in [1.54, 1.807) is 0 Å². The number of hydrogen-bond acceptors (Lipinski definition) is 6. The number of carbonyl (C=O) groups is 2. The monoisotopic (exact) mass is 397 g/mol. The van der Waals surface area contributed by atoms with Crippen molar-refractivity contribution in [2.24, 2.45) is 5.92 Å². The summed E-state index contributed by atoms with van der Waals surface area (Å²) in [5.41, 5.74) is 0.939. The molecule has 0 aromatic carbocycles. The van der Waals surface area contributed by atoms with E-state index in [1.165, 1.54) is 6.08 Å². The predicted molar refractivity (Wildman–Crippen MR) is 106 cm³/mol. The van der Waals surface area contributed by atoms with Crippen molar-refractivity contribution in [2.75, 3.05) is 5.75 Å². The van der Waals surface area contributed by atoms with Gasteiger partial charge in [-0.25, -0.2) is 4.79 Å². The van der Waals surface area contributed by atoms with E-state index in [-0.39, 0.29) is 24.1 Å².